The Morgan fingerprint density at radius 3 is 2.67 bits per heavy atom. The monoisotopic (exact) mass is 331 g/mol. The summed E-state index contributed by atoms with van der Waals surface area (Å²) in [7, 11) is 0. The van der Waals surface area contributed by atoms with E-state index < -0.39 is 0 Å². The van der Waals surface area contributed by atoms with Gasteiger partial charge >= 0.3 is 0 Å². The molecule has 1 saturated heterocycles. The molecule has 0 spiro atoms. The Balaban J connectivity index is 1.48. The maximum Gasteiger partial charge on any atom is 0.165 e. The summed E-state index contributed by atoms with van der Waals surface area (Å²) in [4.78, 5) is 0. The molecule has 2 heterocycles. The lowest BCUT2D eigenvalue weighted by Gasteiger charge is -2.38. The van der Waals surface area contributed by atoms with E-state index in [1.165, 1.54) is 12.1 Å². The SMILES string of the molecule is Fc1ccc(CC2(NCc3nnnn3C3CC3)CCOCC2)cc1. The van der Waals surface area contributed by atoms with Crippen molar-refractivity contribution < 1.29 is 9.13 Å². The molecule has 0 radical (unpaired) electrons. The molecule has 1 aromatic heterocycles. The van der Waals surface area contributed by atoms with Crippen LogP contribution in [0.15, 0.2) is 24.3 Å². The molecule has 24 heavy (non-hydrogen) atoms. The van der Waals surface area contributed by atoms with Crippen LogP contribution in [-0.4, -0.2) is 39.0 Å². The van der Waals surface area contributed by atoms with E-state index in [9.17, 15) is 4.39 Å². The molecule has 0 unspecified atom stereocenters. The molecule has 2 fully saturated rings. The van der Waals surface area contributed by atoms with Gasteiger partial charge in [0.25, 0.3) is 0 Å². The van der Waals surface area contributed by atoms with Gasteiger partial charge in [-0.3, -0.25) is 0 Å². The lowest BCUT2D eigenvalue weighted by molar-refractivity contribution is 0.0369. The molecule has 2 aliphatic rings. The summed E-state index contributed by atoms with van der Waals surface area (Å²) in [5.74, 6) is 0.693. The van der Waals surface area contributed by atoms with Gasteiger partial charge in [0.05, 0.1) is 12.6 Å². The third-order valence-electron chi connectivity index (χ3n) is 4.98. The normalized spacial score (nSPS) is 20.2. The number of hydrogen-bond acceptors (Lipinski definition) is 5. The molecule has 4 rings (SSSR count). The van der Waals surface area contributed by atoms with Crippen LogP contribution in [0, 0.1) is 5.82 Å². The summed E-state index contributed by atoms with van der Waals surface area (Å²) in [5.41, 5.74) is 1.07. The lowest BCUT2D eigenvalue weighted by Crippen LogP contribution is -2.51. The second-order valence-electron chi connectivity index (χ2n) is 6.82. The summed E-state index contributed by atoms with van der Waals surface area (Å²) in [6, 6.07) is 7.25. The second-order valence-corrected chi connectivity index (χ2v) is 6.82. The first-order valence-corrected chi connectivity index (χ1v) is 8.58. The Bertz CT molecular complexity index is 677. The number of hydrogen-bond donors (Lipinski definition) is 1. The van der Waals surface area contributed by atoms with E-state index in [2.05, 4.69) is 20.8 Å². The first kappa shape index (κ1) is 15.7. The summed E-state index contributed by atoms with van der Waals surface area (Å²) in [6.07, 6.45) is 5.02. The molecule has 0 amide bonds. The fourth-order valence-electron chi connectivity index (χ4n) is 3.37. The maximum absolute atomic E-state index is 13.2. The predicted molar refractivity (Wildman–Crippen MR) is 85.8 cm³/mol. The average molecular weight is 331 g/mol. The highest BCUT2D eigenvalue weighted by molar-refractivity contribution is 5.19. The smallest absolute Gasteiger partial charge is 0.165 e. The summed E-state index contributed by atoms with van der Waals surface area (Å²) < 4.78 is 20.6. The molecule has 0 bridgehead atoms. The van der Waals surface area contributed by atoms with Crippen molar-refractivity contribution in [1.29, 1.82) is 0 Å². The predicted octanol–water partition coefficient (Wildman–Crippen LogP) is 2.03. The van der Waals surface area contributed by atoms with Crippen molar-refractivity contribution in [2.24, 2.45) is 0 Å². The molecule has 1 saturated carbocycles. The highest BCUT2D eigenvalue weighted by Crippen LogP contribution is 2.34. The standard InChI is InChI=1S/C17H22FN5O/c18-14-3-1-13(2-4-14)11-17(7-9-24-10-8-17)19-12-16-20-21-22-23(16)15-5-6-15/h1-4,15,19H,5-12H2. The van der Waals surface area contributed by atoms with E-state index in [-0.39, 0.29) is 11.4 Å². The van der Waals surface area contributed by atoms with Crippen LogP contribution in [0.2, 0.25) is 0 Å². The van der Waals surface area contributed by atoms with E-state index in [0.717, 1.165) is 56.7 Å². The summed E-state index contributed by atoms with van der Waals surface area (Å²) >= 11 is 0. The molecule has 128 valence electrons. The van der Waals surface area contributed by atoms with Crippen LogP contribution in [0.5, 0.6) is 0 Å². The van der Waals surface area contributed by atoms with Crippen LogP contribution in [0.3, 0.4) is 0 Å². The van der Waals surface area contributed by atoms with Gasteiger partial charge in [-0.1, -0.05) is 12.1 Å². The zero-order valence-electron chi connectivity index (χ0n) is 13.6. The van der Waals surface area contributed by atoms with E-state index in [0.29, 0.717) is 12.6 Å². The van der Waals surface area contributed by atoms with Gasteiger partial charge in [0.2, 0.25) is 0 Å². The van der Waals surface area contributed by atoms with Crippen molar-refractivity contribution in [1.82, 2.24) is 25.5 Å². The zero-order valence-corrected chi connectivity index (χ0v) is 13.6. The second kappa shape index (κ2) is 6.57. The molecule has 1 N–H and O–H groups in total. The van der Waals surface area contributed by atoms with Crippen molar-refractivity contribution in [3.05, 3.63) is 41.5 Å². The number of rotatable bonds is 6. The van der Waals surface area contributed by atoms with Crippen LogP contribution in [0.25, 0.3) is 0 Å². The number of benzene rings is 1. The molecule has 1 aliphatic carbocycles. The largest absolute Gasteiger partial charge is 0.381 e. The first-order chi connectivity index (χ1) is 11.7. The number of nitrogens with one attached hydrogen (secondary N) is 1. The first-order valence-electron chi connectivity index (χ1n) is 8.58. The van der Waals surface area contributed by atoms with Gasteiger partial charge in [-0.05, 0) is 60.2 Å². The van der Waals surface area contributed by atoms with Gasteiger partial charge in [-0.2, -0.15) is 0 Å². The highest BCUT2D eigenvalue weighted by atomic mass is 19.1. The summed E-state index contributed by atoms with van der Waals surface area (Å²) in [6.45, 7) is 2.12. The molecule has 2 aromatic rings. The third kappa shape index (κ3) is 3.47. The molecular formula is C17H22FN5O. The Hall–Kier alpha value is -1.86. The zero-order chi connectivity index (χ0) is 16.4. The third-order valence-corrected chi connectivity index (χ3v) is 4.98. The Kier molecular flexibility index (Phi) is 4.28. The number of halogens is 1. The Morgan fingerprint density at radius 1 is 1.21 bits per heavy atom. The molecule has 0 atom stereocenters. The number of nitrogens with zero attached hydrogens (tertiary/aromatic N) is 4. The van der Waals surface area contributed by atoms with Crippen LogP contribution in [-0.2, 0) is 17.7 Å². The minimum absolute atomic E-state index is 0.0591. The van der Waals surface area contributed by atoms with Crippen molar-refractivity contribution in [3.8, 4) is 0 Å². The highest BCUT2D eigenvalue weighted by Gasteiger charge is 2.34. The van der Waals surface area contributed by atoms with E-state index >= 15 is 0 Å². The minimum atomic E-state index is -0.198. The van der Waals surface area contributed by atoms with Crippen LogP contribution in [0.1, 0.15) is 43.1 Å². The number of aromatic nitrogens is 4. The van der Waals surface area contributed by atoms with E-state index in [1.807, 2.05) is 16.8 Å². The van der Waals surface area contributed by atoms with E-state index in [1.54, 1.807) is 0 Å². The molecule has 1 aromatic carbocycles. The van der Waals surface area contributed by atoms with Crippen LogP contribution >= 0.6 is 0 Å². The van der Waals surface area contributed by atoms with Crippen molar-refractivity contribution in [2.75, 3.05) is 13.2 Å². The van der Waals surface area contributed by atoms with Gasteiger partial charge in [-0.25, -0.2) is 9.07 Å². The van der Waals surface area contributed by atoms with Crippen LogP contribution in [0.4, 0.5) is 4.39 Å². The topological polar surface area (TPSA) is 64.9 Å². The fraction of sp³-hybridized carbons (Fsp3) is 0.588. The van der Waals surface area contributed by atoms with Gasteiger partial charge in [0.15, 0.2) is 5.82 Å². The quantitative estimate of drug-likeness (QED) is 0.877. The fourth-order valence-corrected chi connectivity index (χ4v) is 3.37. The van der Waals surface area contributed by atoms with Gasteiger partial charge in [0, 0.05) is 18.8 Å². The molecular weight excluding hydrogens is 309 g/mol. The maximum atomic E-state index is 13.2. The average Bonchev–Trinajstić information content (AvgIpc) is 3.34. The number of tetrazole rings is 1. The lowest BCUT2D eigenvalue weighted by atomic mass is 9.83. The van der Waals surface area contributed by atoms with E-state index in [4.69, 9.17) is 4.74 Å². The Morgan fingerprint density at radius 2 is 1.96 bits per heavy atom. The van der Waals surface area contributed by atoms with Crippen molar-refractivity contribution in [2.45, 2.75) is 50.2 Å². The van der Waals surface area contributed by atoms with Gasteiger partial charge in [0.1, 0.15) is 5.82 Å². The minimum Gasteiger partial charge on any atom is -0.381 e. The van der Waals surface area contributed by atoms with Gasteiger partial charge in [-0.15, -0.1) is 5.10 Å². The van der Waals surface area contributed by atoms with Crippen LogP contribution < -0.4 is 5.32 Å². The molecule has 6 nitrogen and oxygen atoms in total. The molecule has 7 heteroatoms. The van der Waals surface area contributed by atoms with Crippen molar-refractivity contribution >= 4 is 0 Å². The molecule has 1 aliphatic heterocycles. The van der Waals surface area contributed by atoms with Crippen molar-refractivity contribution in [3.63, 3.8) is 0 Å². The Labute approximate surface area is 140 Å². The number of ether oxygens (including phenoxy) is 1. The van der Waals surface area contributed by atoms with Gasteiger partial charge < -0.3 is 10.1 Å². The summed E-state index contributed by atoms with van der Waals surface area (Å²) in [5, 5.41) is 15.8.